The lowest BCUT2D eigenvalue weighted by atomic mass is 10.1. The number of nitrogens with one attached hydrogen (secondary N) is 1. The fourth-order valence-electron chi connectivity index (χ4n) is 2.29. The van der Waals surface area contributed by atoms with Crippen molar-refractivity contribution in [1.29, 1.82) is 0 Å². The first kappa shape index (κ1) is 16.6. The Labute approximate surface area is 125 Å². The predicted octanol–water partition coefficient (Wildman–Crippen LogP) is 1.56. The molecule has 0 saturated carbocycles. The second kappa shape index (κ2) is 7.36. The molecule has 1 aliphatic rings. The van der Waals surface area contributed by atoms with Crippen LogP contribution in [0.4, 0.5) is 0 Å². The molecule has 1 aromatic carbocycles. The van der Waals surface area contributed by atoms with Crippen molar-refractivity contribution in [2.75, 3.05) is 34.4 Å². The summed E-state index contributed by atoms with van der Waals surface area (Å²) in [4.78, 5) is 14.3. The number of likely N-dealkylation sites (tertiary alicyclic amines) is 1. The average molecular weight is 301 g/mol. The lowest BCUT2D eigenvalue weighted by Gasteiger charge is -2.17. The smallest absolute Gasteiger partial charge is 0.254 e. The largest absolute Gasteiger partial charge is 0.497 e. The third-order valence-corrected chi connectivity index (χ3v) is 3.48. The molecule has 1 aliphatic heterocycles. The highest BCUT2D eigenvalue weighted by molar-refractivity contribution is 5.95. The van der Waals surface area contributed by atoms with E-state index in [9.17, 15) is 4.79 Å². The lowest BCUT2D eigenvalue weighted by molar-refractivity contribution is 0.0789. The van der Waals surface area contributed by atoms with Crippen LogP contribution in [0, 0.1) is 0 Å². The maximum atomic E-state index is 12.4. The minimum atomic E-state index is 0. The molecule has 0 spiro atoms. The molecule has 1 atom stereocenters. The van der Waals surface area contributed by atoms with Crippen molar-refractivity contribution in [2.45, 2.75) is 12.5 Å². The van der Waals surface area contributed by atoms with Gasteiger partial charge in [0.1, 0.15) is 11.5 Å². The first-order valence-corrected chi connectivity index (χ1v) is 6.37. The number of nitrogens with zero attached hydrogens (tertiary/aromatic N) is 1. The molecular weight excluding hydrogens is 280 g/mol. The average Bonchev–Trinajstić information content (AvgIpc) is 2.94. The molecule has 1 heterocycles. The Kier molecular flexibility index (Phi) is 6.10. The van der Waals surface area contributed by atoms with Gasteiger partial charge in [-0.1, -0.05) is 0 Å². The highest BCUT2D eigenvalue weighted by Gasteiger charge is 2.26. The molecule has 6 heteroatoms. The van der Waals surface area contributed by atoms with Crippen LogP contribution in [-0.4, -0.2) is 51.2 Å². The Hall–Kier alpha value is -1.46. The minimum absolute atomic E-state index is 0. The van der Waals surface area contributed by atoms with Crippen molar-refractivity contribution in [3.63, 3.8) is 0 Å². The molecule has 5 nitrogen and oxygen atoms in total. The summed E-state index contributed by atoms with van der Waals surface area (Å²) in [7, 11) is 5.08. The summed E-state index contributed by atoms with van der Waals surface area (Å²) in [5.74, 6) is 1.29. The molecule has 20 heavy (non-hydrogen) atoms. The van der Waals surface area contributed by atoms with Crippen molar-refractivity contribution in [1.82, 2.24) is 10.2 Å². The van der Waals surface area contributed by atoms with E-state index in [1.807, 2.05) is 11.9 Å². The highest BCUT2D eigenvalue weighted by atomic mass is 35.5. The van der Waals surface area contributed by atoms with Crippen LogP contribution in [0.5, 0.6) is 11.5 Å². The summed E-state index contributed by atoms with van der Waals surface area (Å²) in [5.41, 5.74) is 0.605. The number of carbonyl (C=O) groups excluding carboxylic acids is 1. The van der Waals surface area contributed by atoms with Crippen molar-refractivity contribution >= 4 is 18.3 Å². The lowest BCUT2D eigenvalue weighted by Crippen LogP contribution is -2.33. The maximum Gasteiger partial charge on any atom is 0.254 e. The second-order valence-electron chi connectivity index (χ2n) is 4.63. The van der Waals surface area contributed by atoms with Gasteiger partial charge in [0.25, 0.3) is 5.91 Å². The number of hydrogen-bond donors (Lipinski definition) is 1. The summed E-state index contributed by atoms with van der Waals surface area (Å²) in [5, 5.41) is 3.20. The van der Waals surface area contributed by atoms with E-state index in [1.165, 1.54) is 0 Å². The second-order valence-corrected chi connectivity index (χ2v) is 4.63. The maximum absolute atomic E-state index is 12.4. The van der Waals surface area contributed by atoms with Crippen molar-refractivity contribution in [2.24, 2.45) is 0 Å². The van der Waals surface area contributed by atoms with Crippen LogP contribution in [0.15, 0.2) is 18.2 Å². The quantitative estimate of drug-likeness (QED) is 0.917. The minimum Gasteiger partial charge on any atom is -0.497 e. The van der Waals surface area contributed by atoms with E-state index in [0.29, 0.717) is 23.1 Å². The molecule has 1 saturated heterocycles. The molecule has 0 radical (unpaired) electrons. The van der Waals surface area contributed by atoms with E-state index in [4.69, 9.17) is 9.47 Å². The molecule has 1 aromatic rings. The molecule has 0 bridgehead atoms. The fraction of sp³-hybridized carbons (Fsp3) is 0.500. The zero-order chi connectivity index (χ0) is 13.8. The van der Waals surface area contributed by atoms with Gasteiger partial charge in [-0.25, -0.2) is 0 Å². The van der Waals surface area contributed by atoms with Gasteiger partial charge in [-0.3, -0.25) is 4.79 Å². The first-order chi connectivity index (χ1) is 9.17. The molecule has 112 valence electrons. The summed E-state index contributed by atoms with van der Waals surface area (Å²) in [6.07, 6.45) is 0.989. The van der Waals surface area contributed by atoms with Crippen LogP contribution in [0.3, 0.4) is 0 Å². The number of carbonyl (C=O) groups is 1. The topological polar surface area (TPSA) is 50.8 Å². The number of methoxy groups -OCH3 is 2. The Balaban J connectivity index is 0.00000200. The van der Waals surface area contributed by atoms with Gasteiger partial charge in [-0.15, -0.1) is 12.4 Å². The van der Waals surface area contributed by atoms with Gasteiger partial charge in [0.15, 0.2) is 0 Å². The van der Waals surface area contributed by atoms with Crippen LogP contribution < -0.4 is 14.8 Å². The van der Waals surface area contributed by atoms with Crippen LogP contribution in [0.2, 0.25) is 0 Å². The summed E-state index contributed by atoms with van der Waals surface area (Å²) in [6, 6.07) is 5.64. The SMILES string of the molecule is CNC1CCN(C(=O)c2cc(OC)cc(OC)c2)C1.Cl. The standard InChI is InChI=1S/C14H20N2O3.ClH/c1-15-11-4-5-16(9-11)14(17)10-6-12(18-2)8-13(7-10)19-3;/h6-8,11,15H,4-5,9H2,1-3H3;1H. The van der Waals surface area contributed by atoms with Gasteiger partial charge in [-0.05, 0) is 25.6 Å². The number of halogens is 1. The van der Waals surface area contributed by atoms with E-state index in [2.05, 4.69) is 5.32 Å². The predicted molar refractivity (Wildman–Crippen MR) is 80.2 cm³/mol. The number of ether oxygens (including phenoxy) is 2. The Morgan fingerprint density at radius 3 is 2.30 bits per heavy atom. The normalized spacial score (nSPS) is 17.6. The first-order valence-electron chi connectivity index (χ1n) is 6.37. The van der Waals surface area contributed by atoms with Gasteiger partial charge in [0.2, 0.25) is 0 Å². The van der Waals surface area contributed by atoms with E-state index in [0.717, 1.165) is 19.5 Å². The zero-order valence-corrected chi connectivity index (χ0v) is 12.8. The van der Waals surface area contributed by atoms with Crippen molar-refractivity contribution in [3.8, 4) is 11.5 Å². The van der Waals surface area contributed by atoms with E-state index >= 15 is 0 Å². The number of amides is 1. The zero-order valence-electron chi connectivity index (χ0n) is 12.0. The van der Waals surface area contributed by atoms with Crippen molar-refractivity contribution < 1.29 is 14.3 Å². The summed E-state index contributed by atoms with van der Waals surface area (Å²) < 4.78 is 10.4. The number of likely N-dealkylation sites (N-methyl/N-ethyl adjacent to an activating group) is 1. The van der Waals surface area contributed by atoms with E-state index in [1.54, 1.807) is 32.4 Å². The molecular formula is C14H21ClN2O3. The van der Waals surface area contributed by atoms with Gasteiger partial charge >= 0.3 is 0 Å². The van der Waals surface area contributed by atoms with Crippen LogP contribution in [0.1, 0.15) is 16.8 Å². The van der Waals surface area contributed by atoms with Gasteiger partial charge in [-0.2, -0.15) is 0 Å². The van der Waals surface area contributed by atoms with Crippen LogP contribution in [0.25, 0.3) is 0 Å². The molecule has 2 rings (SSSR count). The molecule has 0 aliphatic carbocycles. The molecule has 1 fully saturated rings. The van der Waals surface area contributed by atoms with Gasteiger partial charge in [0, 0.05) is 30.8 Å². The summed E-state index contributed by atoms with van der Waals surface area (Å²) >= 11 is 0. The fourth-order valence-corrected chi connectivity index (χ4v) is 2.29. The molecule has 0 aromatic heterocycles. The van der Waals surface area contributed by atoms with Crippen LogP contribution >= 0.6 is 12.4 Å². The van der Waals surface area contributed by atoms with E-state index in [-0.39, 0.29) is 18.3 Å². The third kappa shape index (κ3) is 3.55. The van der Waals surface area contributed by atoms with E-state index < -0.39 is 0 Å². The van der Waals surface area contributed by atoms with Crippen molar-refractivity contribution in [3.05, 3.63) is 23.8 Å². The number of hydrogen-bond acceptors (Lipinski definition) is 4. The Morgan fingerprint density at radius 1 is 1.25 bits per heavy atom. The van der Waals surface area contributed by atoms with Gasteiger partial charge < -0.3 is 19.7 Å². The number of benzene rings is 1. The molecule has 1 N–H and O–H groups in total. The number of rotatable bonds is 4. The highest BCUT2D eigenvalue weighted by Crippen LogP contribution is 2.24. The summed E-state index contributed by atoms with van der Waals surface area (Å²) in [6.45, 7) is 1.53. The Morgan fingerprint density at radius 2 is 1.85 bits per heavy atom. The third-order valence-electron chi connectivity index (χ3n) is 3.48. The van der Waals surface area contributed by atoms with Gasteiger partial charge in [0.05, 0.1) is 14.2 Å². The molecule has 1 amide bonds. The van der Waals surface area contributed by atoms with Crippen LogP contribution in [-0.2, 0) is 0 Å². The molecule has 1 unspecified atom stereocenters. The Bertz CT molecular complexity index is 445. The monoisotopic (exact) mass is 300 g/mol.